The molecule has 1 unspecified atom stereocenters. The predicted octanol–water partition coefficient (Wildman–Crippen LogP) is 1.21. The molecule has 3 heterocycles. The lowest BCUT2D eigenvalue weighted by Gasteiger charge is -2.21. The largest absolute Gasteiger partial charge is 0.339 e. The van der Waals surface area contributed by atoms with E-state index in [0.717, 1.165) is 31.1 Å². The summed E-state index contributed by atoms with van der Waals surface area (Å²) in [5.41, 5.74) is 0.524. The molecule has 0 saturated carbocycles. The smallest absolute Gasteiger partial charge is 0.226 e. The fourth-order valence-electron chi connectivity index (χ4n) is 3.18. The zero-order valence-electron chi connectivity index (χ0n) is 11.1. The Kier molecular flexibility index (Phi) is 3.35. The van der Waals surface area contributed by atoms with E-state index in [1.165, 1.54) is 39.0 Å². The second kappa shape index (κ2) is 4.97. The maximum absolute atomic E-state index is 5.23. The van der Waals surface area contributed by atoms with Crippen molar-refractivity contribution in [2.75, 3.05) is 26.2 Å². The first-order valence-electron chi connectivity index (χ1n) is 7.04. The number of nitrogens with zero attached hydrogens (tertiary/aromatic N) is 3. The minimum atomic E-state index is 0.524. The number of hydrogen-bond acceptors (Lipinski definition) is 5. The van der Waals surface area contributed by atoms with Gasteiger partial charge in [-0.3, -0.25) is 4.90 Å². The van der Waals surface area contributed by atoms with Gasteiger partial charge in [-0.25, -0.2) is 0 Å². The van der Waals surface area contributed by atoms with Crippen LogP contribution in [0.25, 0.3) is 0 Å². The Morgan fingerprint density at radius 1 is 1.44 bits per heavy atom. The van der Waals surface area contributed by atoms with E-state index in [-0.39, 0.29) is 0 Å². The molecule has 18 heavy (non-hydrogen) atoms. The average Bonchev–Trinajstić information content (AvgIpc) is 3.06. The van der Waals surface area contributed by atoms with Crippen molar-refractivity contribution in [2.45, 2.75) is 39.2 Å². The van der Waals surface area contributed by atoms with Gasteiger partial charge in [-0.15, -0.1) is 0 Å². The maximum atomic E-state index is 5.23. The van der Waals surface area contributed by atoms with Crippen LogP contribution in [0.3, 0.4) is 0 Å². The lowest BCUT2D eigenvalue weighted by atomic mass is 9.87. The molecular weight excluding hydrogens is 228 g/mol. The summed E-state index contributed by atoms with van der Waals surface area (Å²) in [7, 11) is 0. The van der Waals surface area contributed by atoms with Crippen LogP contribution in [-0.2, 0) is 13.0 Å². The molecule has 2 aliphatic heterocycles. The highest BCUT2D eigenvalue weighted by Gasteiger charge is 2.40. The second-order valence-corrected chi connectivity index (χ2v) is 5.74. The van der Waals surface area contributed by atoms with Gasteiger partial charge in [0.05, 0.1) is 6.54 Å². The SMILES string of the molecule is CCCc1nc(CN2CCC3(CCNC3)C2)no1. The van der Waals surface area contributed by atoms with Crippen molar-refractivity contribution in [3.05, 3.63) is 11.7 Å². The predicted molar refractivity (Wildman–Crippen MR) is 68.1 cm³/mol. The number of likely N-dealkylation sites (tertiary alicyclic amines) is 1. The topological polar surface area (TPSA) is 54.2 Å². The van der Waals surface area contributed by atoms with Gasteiger partial charge < -0.3 is 9.84 Å². The van der Waals surface area contributed by atoms with Gasteiger partial charge in [-0.1, -0.05) is 12.1 Å². The van der Waals surface area contributed by atoms with Crippen molar-refractivity contribution in [3.8, 4) is 0 Å². The summed E-state index contributed by atoms with van der Waals surface area (Å²) in [6, 6.07) is 0. The van der Waals surface area contributed by atoms with Crippen LogP contribution < -0.4 is 5.32 Å². The summed E-state index contributed by atoms with van der Waals surface area (Å²) in [5, 5.41) is 7.55. The van der Waals surface area contributed by atoms with Crippen LogP contribution in [0, 0.1) is 5.41 Å². The van der Waals surface area contributed by atoms with Crippen molar-refractivity contribution in [3.63, 3.8) is 0 Å². The molecule has 5 nitrogen and oxygen atoms in total. The van der Waals surface area contributed by atoms with Crippen molar-refractivity contribution >= 4 is 0 Å². The lowest BCUT2D eigenvalue weighted by Crippen LogP contribution is -2.29. The van der Waals surface area contributed by atoms with Crippen LogP contribution in [0.5, 0.6) is 0 Å². The van der Waals surface area contributed by atoms with E-state index in [1.54, 1.807) is 0 Å². The third kappa shape index (κ3) is 2.42. The molecule has 5 heteroatoms. The van der Waals surface area contributed by atoms with Gasteiger partial charge in [0.1, 0.15) is 0 Å². The first-order chi connectivity index (χ1) is 8.80. The van der Waals surface area contributed by atoms with Crippen LogP contribution in [0.1, 0.15) is 37.9 Å². The van der Waals surface area contributed by atoms with E-state index in [0.29, 0.717) is 5.41 Å². The van der Waals surface area contributed by atoms with Crippen LogP contribution in [0.4, 0.5) is 0 Å². The molecule has 1 N–H and O–H groups in total. The fraction of sp³-hybridized carbons (Fsp3) is 0.846. The molecule has 1 spiro atoms. The summed E-state index contributed by atoms with van der Waals surface area (Å²) in [4.78, 5) is 6.91. The molecule has 0 bridgehead atoms. The molecule has 0 radical (unpaired) electrons. The van der Waals surface area contributed by atoms with Crippen molar-refractivity contribution < 1.29 is 4.52 Å². The molecule has 1 aromatic heterocycles. The zero-order valence-corrected chi connectivity index (χ0v) is 11.1. The Hall–Kier alpha value is -0.940. The molecule has 2 saturated heterocycles. The first-order valence-corrected chi connectivity index (χ1v) is 7.04. The quantitative estimate of drug-likeness (QED) is 0.870. The van der Waals surface area contributed by atoms with Crippen LogP contribution >= 0.6 is 0 Å². The Balaban J connectivity index is 1.56. The molecule has 0 amide bonds. The van der Waals surface area contributed by atoms with Gasteiger partial charge in [0.2, 0.25) is 5.89 Å². The highest BCUT2D eigenvalue weighted by molar-refractivity contribution is 4.97. The van der Waals surface area contributed by atoms with Crippen molar-refractivity contribution in [2.24, 2.45) is 5.41 Å². The van der Waals surface area contributed by atoms with Crippen LogP contribution in [0.15, 0.2) is 4.52 Å². The van der Waals surface area contributed by atoms with E-state index < -0.39 is 0 Å². The third-order valence-electron chi connectivity index (χ3n) is 4.19. The Labute approximate surface area is 108 Å². The number of hydrogen-bond donors (Lipinski definition) is 1. The lowest BCUT2D eigenvalue weighted by molar-refractivity contribution is 0.259. The normalized spacial score (nSPS) is 28.5. The number of nitrogens with one attached hydrogen (secondary N) is 1. The van der Waals surface area contributed by atoms with Gasteiger partial charge in [0.15, 0.2) is 5.82 Å². The molecule has 3 rings (SSSR count). The van der Waals surface area contributed by atoms with Gasteiger partial charge in [0, 0.05) is 19.5 Å². The number of aryl methyl sites for hydroxylation is 1. The number of rotatable bonds is 4. The van der Waals surface area contributed by atoms with Crippen molar-refractivity contribution in [1.82, 2.24) is 20.4 Å². The molecule has 100 valence electrons. The highest BCUT2D eigenvalue weighted by atomic mass is 16.5. The van der Waals surface area contributed by atoms with E-state index in [4.69, 9.17) is 4.52 Å². The molecule has 0 aromatic carbocycles. The van der Waals surface area contributed by atoms with E-state index in [1.807, 2.05) is 0 Å². The summed E-state index contributed by atoms with van der Waals surface area (Å²) >= 11 is 0. The van der Waals surface area contributed by atoms with Gasteiger partial charge in [-0.2, -0.15) is 4.98 Å². The third-order valence-corrected chi connectivity index (χ3v) is 4.19. The number of aromatic nitrogens is 2. The van der Waals surface area contributed by atoms with Crippen LogP contribution in [-0.4, -0.2) is 41.2 Å². The monoisotopic (exact) mass is 250 g/mol. The molecule has 1 aromatic rings. The molecule has 2 aliphatic rings. The summed E-state index contributed by atoms with van der Waals surface area (Å²) in [5.74, 6) is 1.63. The Bertz CT molecular complexity index is 397. The Morgan fingerprint density at radius 3 is 3.17 bits per heavy atom. The first kappa shape index (κ1) is 12.1. The van der Waals surface area contributed by atoms with Crippen molar-refractivity contribution in [1.29, 1.82) is 0 Å². The van der Waals surface area contributed by atoms with E-state index in [9.17, 15) is 0 Å². The fourth-order valence-corrected chi connectivity index (χ4v) is 3.18. The minimum Gasteiger partial charge on any atom is -0.339 e. The standard InChI is InChI=1S/C13H22N4O/c1-2-3-12-15-11(16-18-12)8-17-7-5-13(10-17)4-6-14-9-13/h14H,2-10H2,1H3. The molecular formula is C13H22N4O. The second-order valence-electron chi connectivity index (χ2n) is 5.74. The van der Waals surface area contributed by atoms with E-state index in [2.05, 4.69) is 27.3 Å². The molecule has 1 atom stereocenters. The minimum absolute atomic E-state index is 0.524. The summed E-state index contributed by atoms with van der Waals surface area (Å²) in [6.07, 6.45) is 4.57. The van der Waals surface area contributed by atoms with E-state index >= 15 is 0 Å². The van der Waals surface area contributed by atoms with Gasteiger partial charge in [0.25, 0.3) is 0 Å². The maximum Gasteiger partial charge on any atom is 0.226 e. The average molecular weight is 250 g/mol. The van der Waals surface area contributed by atoms with Crippen LogP contribution in [0.2, 0.25) is 0 Å². The summed E-state index contributed by atoms with van der Waals surface area (Å²) in [6.45, 7) is 7.67. The molecule has 2 fully saturated rings. The molecule has 0 aliphatic carbocycles. The van der Waals surface area contributed by atoms with Gasteiger partial charge in [-0.05, 0) is 37.8 Å². The van der Waals surface area contributed by atoms with Gasteiger partial charge >= 0.3 is 0 Å². The zero-order chi connectivity index (χ0) is 12.4. The Morgan fingerprint density at radius 2 is 2.39 bits per heavy atom. The highest BCUT2D eigenvalue weighted by Crippen LogP contribution is 2.36. The summed E-state index contributed by atoms with van der Waals surface area (Å²) < 4.78 is 5.23.